The summed E-state index contributed by atoms with van der Waals surface area (Å²) in [7, 11) is 0. The van der Waals surface area contributed by atoms with Crippen LogP contribution in [-0.4, -0.2) is 34.2 Å². The first-order valence-corrected chi connectivity index (χ1v) is 6.76. The molecule has 0 bridgehead atoms. The molecule has 112 valence electrons. The average molecular weight is 281 g/mol. The third-order valence-corrected chi connectivity index (χ3v) is 2.81. The Kier molecular flexibility index (Phi) is 5.54. The molecule has 1 aromatic rings. The normalized spacial score (nSPS) is 12.2. The van der Waals surface area contributed by atoms with Gasteiger partial charge in [0.2, 0.25) is 5.91 Å². The average Bonchev–Trinajstić information content (AvgIpc) is 2.76. The van der Waals surface area contributed by atoms with Crippen LogP contribution in [0.2, 0.25) is 0 Å². The molecule has 0 fully saturated rings. The summed E-state index contributed by atoms with van der Waals surface area (Å²) in [5, 5.41) is 9.40. The molecular formula is C13H23N5O2. The number of aromatic nitrogens is 2. The van der Waals surface area contributed by atoms with Crippen molar-refractivity contribution in [3.8, 4) is 0 Å². The van der Waals surface area contributed by atoms with E-state index in [1.165, 1.54) is 10.9 Å². The molecule has 0 spiro atoms. The van der Waals surface area contributed by atoms with Gasteiger partial charge in [-0.1, -0.05) is 13.8 Å². The first-order chi connectivity index (χ1) is 9.36. The van der Waals surface area contributed by atoms with Crippen molar-refractivity contribution in [1.29, 1.82) is 0 Å². The van der Waals surface area contributed by atoms with Crippen molar-refractivity contribution in [2.75, 3.05) is 12.3 Å². The highest BCUT2D eigenvalue weighted by molar-refractivity contribution is 5.99. The third-order valence-electron chi connectivity index (χ3n) is 2.81. The molecule has 0 aliphatic heterocycles. The molecule has 0 radical (unpaired) electrons. The van der Waals surface area contributed by atoms with Crippen LogP contribution in [0.1, 0.15) is 38.2 Å². The zero-order valence-corrected chi connectivity index (χ0v) is 12.4. The zero-order chi connectivity index (χ0) is 15.3. The van der Waals surface area contributed by atoms with Crippen molar-refractivity contribution >= 4 is 17.5 Å². The number of nitrogens with zero attached hydrogens (tertiary/aromatic N) is 2. The lowest BCUT2D eigenvalue weighted by atomic mass is 10.2. The van der Waals surface area contributed by atoms with Crippen molar-refractivity contribution in [2.24, 2.45) is 5.92 Å². The summed E-state index contributed by atoms with van der Waals surface area (Å²) in [5.41, 5.74) is 6.32. The Morgan fingerprint density at radius 2 is 2.05 bits per heavy atom. The number of hydrogen-bond acceptors (Lipinski definition) is 4. The molecule has 4 N–H and O–H groups in total. The van der Waals surface area contributed by atoms with E-state index in [-0.39, 0.29) is 11.6 Å². The maximum absolute atomic E-state index is 12.1. The van der Waals surface area contributed by atoms with Crippen molar-refractivity contribution < 1.29 is 9.59 Å². The fourth-order valence-electron chi connectivity index (χ4n) is 1.68. The molecule has 0 saturated carbocycles. The van der Waals surface area contributed by atoms with Crippen LogP contribution in [0.15, 0.2) is 6.20 Å². The first-order valence-electron chi connectivity index (χ1n) is 6.76. The smallest absolute Gasteiger partial charge is 0.272 e. The van der Waals surface area contributed by atoms with E-state index in [1.54, 1.807) is 6.92 Å². The predicted octanol–water partition coefficient (Wildman–Crippen LogP) is 0.376. The number of aryl methyl sites for hydroxylation is 1. The molecule has 7 heteroatoms. The van der Waals surface area contributed by atoms with E-state index in [2.05, 4.69) is 15.7 Å². The minimum atomic E-state index is -0.624. The van der Waals surface area contributed by atoms with Gasteiger partial charge in [0.15, 0.2) is 0 Å². The molecule has 2 amide bonds. The second-order valence-corrected chi connectivity index (χ2v) is 5.10. The summed E-state index contributed by atoms with van der Waals surface area (Å²) in [4.78, 5) is 23.9. The van der Waals surface area contributed by atoms with E-state index >= 15 is 0 Å². The summed E-state index contributed by atoms with van der Waals surface area (Å²) in [6.45, 7) is 8.62. The highest BCUT2D eigenvalue weighted by atomic mass is 16.2. The Bertz CT molecular complexity index is 481. The summed E-state index contributed by atoms with van der Waals surface area (Å²) >= 11 is 0. The lowest BCUT2D eigenvalue weighted by Crippen LogP contribution is -2.46. The Balaban J connectivity index is 2.65. The van der Waals surface area contributed by atoms with Crippen LogP contribution >= 0.6 is 0 Å². The zero-order valence-electron chi connectivity index (χ0n) is 12.4. The molecule has 1 aromatic heterocycles. The highest BCUT2D eigenvalue weighted by Crippen LogP contribution is 2.10. The summed E-state index contributed by atoms with van der Waals surface area (Å²) in [6.07, 6.45) is 1.43. The van der Waals surface area contributed by atoms with Crippen LogP contribution in [0.3, 0.4) is 0 Å². The number of nitrogen functional groups attached to an aromatic ring is 1. The minimum absolute atomic E-state index is 0.215. The molecule has 0 aliphatic rings. The largest absolute Gasteiger partial charge is 0.396 e. The highest BCUT2D eigenvalue weighted by Gasteiger charge is 2.21. The third kappa shape index (κ3) is 3.97. The topological polar surface area (TPSA) is 102 Å². The molecule has 7 nitrogen and oxygen atoms in total. The van der Waals surface area contributed by atoms with Crippen molar-refractivity contribution in [3.05, 3.63) is 11.9 Å². The Hall–Kier alpha value is -2.05. The fourth-order valence-corrected chi connectivity index (χ4v) is 1.68. The van der Waals surface area contributed by atoms with Gasteiger partial charge in [0.1, 0.15) is 11.7 Å². The molecule has 0 aliphatic carbocycles. The van der Waals surface area contributed by atoms with Gasteiger partial charge in [-0.05, 0) is 19.8 Å². The van der Waals surface area contributed by atoms with Gasteiger partial charge in [-0.25, -0.2) is 0 Å². The summed E-state index contributed by atoms with van der Waals surface area (Å²) in [6, 6.07) is -0.624. The standard InChI is InChI=1S/C13H23N5O2/c1-5-18-11(10(14)7-16-18)13(20)17-9(4)12(19)15-6-8(2)3/h7-9H,5-6,14H2,1-4H3,(H,15,19)(H,17,20). The number of nitrogens with two attached hydrogens (primary N) is 1. The van der Waals surface area contributed by atoms with E-state index < -0.39 is 11.9 Å². The summed E-state index contributed by atoms with van der Waals surface area (Å²) in [5.74, 6) is -0.249. The van der Waals surface area contributed by atoms with E-state index in [1.807, 2.05) is 20.8 Å². The number of carbonyl (C=O) groups is 2. The molecule has 0 saturated heterocycles. The van der Waals surface area contributed by atoms with Crippen molar-refractivity contribution in [3.63, 3.8) is 0 Å². The lowest BCUT2D eigenvalue weighted by Gasteiger charge is -2.15. The van der Waals surface area contributed by atoms with Crippen LogP contribution in [0, 0.1) is 5.92 Å². The van der Waals surface area contributed by atoms with Gasteiger partial charge < -0.3 is 16.4 Å². The van der Waals surface area contributed by atoms with Gasteiger partial charge in [0.05, 0.1) is 11.9 Å². The van der Waals surface area contributed by atoms with Crippen LogP contribution in [-0.2, 0) is 11.3 Å². The first kappa shape index (κ1) is 16.0. The number of anilines is 1. The van der Waals surface area contributed by atoms with Crippen molar-refractivity contribution in [2.45, 2.75) is 40.3 Å². The van der Waals surface area contributed by atoms with Crippen molar-refractivity contribution in [1.82, 2.24) is 20.4 Å². The Morgan fingerprint density at radius 1 is 1.40 bits per heavy atom. The van der Waals surface area contributed by atoms with Crippen LogP contribution in [0.4, 0.5) is 5.69 Å². The minimum Gasteiger partial charge on any atom is -0.396 e. The molecule has 1 heterocycles. The van der Waals surface area contributed by atoms with Crippen LogP contribution < -0.4 is 16.4 Å². The second kappa shape index (κ2) is 6.93. The molecule has 0 aromatic carbocycles. The van der Waals surface area contributed by atoms with Gasteiger partial charge in [-0.2, -0.15) is 5.10 Å². The van der Waals surface area contributed by atoms with Gasteiger partial charge in [0, 0.05) is 13.1 Å². The summed E-state index contributed by atoms with van der Waals surface area (Å²) < 4.78 is 1.50. The molecule has 1 rings (SSSR count). The maximum atomic E-state index is 12.1. The lowest BCUT2D eigenvalue weighted by molar-refractivity contribution is -0.122. The van der Waals surface area contributed by atoms with E-state index in [4.69, 9.17) is 5.73 Å². The molecule has 1 atom stereocenters. The number of hydrogen-bond donors (Lipinski definition) is 3. The van der Waals surface area contributed by atoms with E-state index in [9.17, 15) is 9.59 Å². The second-order valence-electron chi connectivity index (χ2n) is 5.10. The SMILES string of the molecule is CCn1ncc(N)c1C(=O)NC(C)C(=O)NCC(C)C. The number of nitrogens with one attached hydrogen (secondary N) is 2. The predicted molar refractivity (Wildman–Crippen MR) is 77.1 cm³/mol. The monoisotopic (exact) mass is 281 g/mol. The molecular weight excluding hydrogens is 258 g/mol. The van der Waals surface area contributed by atoms with Gasteiger partial charge in [-0.3, -0.25) is 14.3 Å². The number of amides is 2. The number of carbonyl (C=O) groups excluding carboxylic acids is 2. The van der Waals surface area contributed by atoms with Crippen LogP contribution in [0.5, 0.6) is 0 Å². The maximum Gasteiger partial charge on any atom is 0.272 e. The quantitative estimate of drug-likeness (QED) is 0.701. The van der Waals surface area contributed by atoms with Crippen LogP contribution in [0.25, 0.3) is 0 Å². The van der Waals surface area contributed by atoms with E-state index in [0.29, 0.717) is 24.7 Å². The van der Waals surface area contributed by atoms with E-state index in [0.717, 1.165) is 0 Å². The van der Waals surface area contributed by atoms with Gasteiger partial charge >= 0.3 is 0 Å². The van der Waals surface area contributed by atoms with Gasteiger partial charge in [-0.15, -0.1) is 0 Å². The van der Waals surface area contributed by atoms with Gasteiger partial charge in [0.25, 0.3) is 5.91 Å². The number of rotatable bonds is 6. The molecule has 1 unspecified atom stereocenters. The Labute approximate surface area is 118 Å². The Morgan fingerprint density at radius 3 is 2.60 bits per heavy atom. The fraction of sp³-hybridized carbons (Fsp3) is 0.615. The molecule has 20 heavy (non-hydrogen) atoms.